The van der Waals surface area contributed by atoms with Gasteiger partial charge < -0.3 is 15.6 Å². The number of aromatic nitrogens is 1. The summed E-state index contributed by atoms with van der Waals surface area (Å²) in [5, 5.41) is 9.03. The Labute approximate surface area is 184 Å². The van der Waals surface area contributed by atoms with E-state index < -0.39 is 17.6 Å². The highest BCUT2D eigenvalue weighted by Crippen LogP contribution is 2.41. The Balaban J connectivity index is 1.47. The van der Waals surface area contributed by atoms with Gasteiger partial charge in [-0.15, -0.1) is 0 Å². The monoisotopic (exact) mass is 439 g/mol. The van der Waals surface area contributed by atoms with Gasteiger partial charge in [0.15, 0.2) is 5.60 Å². The normalized spacial score (nSPS) is 16.3. The third-order valence-electron chi connectivity index (χ3n) is 5.03. The van der Waals surface area contributed by atoms with E-state index in [-0.39, 0.29) is 12.2 Å². The first kappa shape index (κ1) is 21.3. The van der Waals surface area contributed by atoms with Crippen LogP contribution in [0.5, 0.6) is 5.75 Å². The molecule has 0 radical (unpaired) electrons. The second kappa shape index (κ2) is 9.05. The second-order valence-electron chi connectivity index (χ2n) is 7.45. The van der Waals surface area contributed by atoms with Crippen LogP contribution in [-0.2, 0) is 16.8 Å². The highest BCUT2D eigenvalue weighted by molar-refractivity contribution is 7.97. The predicted molar refractivity (Wildman–Crippen MR) is 116 cm³/mol. The van der Waals surface area contributed by atoms with E-state index in [2.05, 4.69) is 9.29 Å². The van der Waals surface area contributed by atoms with Crippen molar-refractivity contribution in [3.05, 3.63) is 90.0 Å². The SMILES string of the molecule is N[C@@H](Cc1cccc(SN2CC(Oc3ccc(F)cc3)(c3ccccn3)C2)c1)C(=O)O. The number of halogens is 1. The Kier molecular flexibility index (Phi) is 6.22. The number of pyridine rings is 1. The van der Waals surface area contributed by atoms with Crippen LogP contribution >= 0.6 is 11.9 Å². The summed E-state index contributed by atoms with van der Waals surface area (Å²) in [6.45, 7) is 1.18. The van der Waals surface area contributed by atoms with Crippen LogP contribution in [0.25, 0.3) is 0 Å². The molecule has 6 nitrogen and oxygen atoms in total. The average Bonchev–Trinajstić information content (AvgIpc) is 2.74. The minimum absolute atomic E-state index is 0.273. The number of carbonyl (C=O) groups is 1. The fourth-order valence-corrected chi connectivity index (χ4v) is 4.63. The number of aliphatic carboxylic acids is 1. The van der Waals surface area contributed by atoms with Crippen molar-refractivity contribution in [3.63, 3.8) is 0 Å². The molecule has 0 unspecified atom stereocenters. The van der Waals surface area contributed by atoms with E-state index in [1.54, 1.807) is 30.3 Å². The largest absolute Gasteiger partial charge is 0.480 e. The second-order valence-corrected chi connectivity index (χ2v) is 8.62. The molecule has 0 saturated carbocycles. The van der Waals surface area contributed by atoms with Crippen LogP contribution in [0.15, 0.2) is 77.8 Å². The summed E-state index contributed by atoms with van der Waals surface area (Å²) >= 11 is 1.57. The maximum atomic E-state index is 13.3. The standard InChI is InChI=1S/C23H22FN3O3S/c24-17-7-9-18(10-8-17)30-23(21-6-1-2-11-26-21)14-27(15-23)31-19-5-3-4-16(12-19)13-20(25)22(28)29/h1-12,20H,13-15,25H2,(H,28,29)/t20-/m0/s1. The Morgan fingerprint density at radius 2 is 1.97 bits per heavy atom. The number of benzene rings is 2. The zero-order chi connectivity index (χ0) is 21.8. The number of hydrogen-bond acceptors (Lipinski definition) is 6. The lowest BCUT2D eigenvalue weighted by Crippen LogP contribution is -2.60. The molecule has 1 saturated heterocycles. The predicted octanol–water partition coefficient (Wildman–Crippen LogP) is 3.47. The van der Waals surface area contributed by atoms with E-state index in [0.29, 0.717) is 18.8 Å². The molecule has 0 bridgehead atoms. The lowest BCUT2D eigenvalue weighted by molar-refractivity contribution is -0.138. The van der Waals surface area contributed by atoms with Crippen molar-refractivity contribution in [2.24, 2.45) is 5.73 Å². The smallest absolute Gasteiger partial charge is 0.320 e. The van der Waals surface area contributed by atoms with Crippen molar-refractivity contribution in [2.75, 3.05) is 13.1 Å². The van der Waals surface area contributed by atoms with Crippen LogP contribution in [0.4, 0.5) is 4.39 Å². The van der Waals surface area contributed by atoms with Gasteiger partial charge in [0.25, 0.3) is 0 Å². The van der Waals surface area contributed by atoms with Gasteiger partial charge in [0.2, 0.25) is 0 Å². The maximum Gasteiger partial charge on any atom is 0.320 e. The van der Waals surface area contributed by atoms with Gasteiger partial charge in [0.05, 0.1) is 18.8 Å². The molecule has 1 atom stereocenters. The summed E-state index contributed by atoms with van der Waals surface area (Å²) in [7, 11) is 0. The Morgan fingerprint density at radius 3 is 2.65 bits per heavy atom. The van der Waals surface area contributed by atoms with Crippen molar-refractivity contribution in [2.45, 2.75) is 23.0 Å². The third-order valence-corrected chi connectivity index (χ3v) is 6.01. The Bertz CT molecular complexity index is 1040. The highest BCUT2D eigenvalue weighted by Gasteiger charge is 2.48. The molecule has 1 aliphatic heterocycles. The topological polar surface area (TPSA) is 88.7 Å². The number of carboxylic acid groups (broad SMARTS) is 1. The van der Waals surface area contributed by atoms with Gasteiger partial charge >= 0.3 is 5.97 Å². The molecule has 2 heterocycles. The van der Waals surface area contributed by atoms with Gasteiger partial charge in [-0.3, -0.25) is 9.78 Å². The van der Waals surface area contributed by atoms with E-state index >= 15 is 0 Å². The van der Waals surface area contributed by atoms with Crippen molar-refractivity contribution in [3.8, 4) is 5.75 Å². The molecule has 4 rings (SSSR count). The van der Waals surface area contributed by atoms with Gasteiger partial charge in [0.1, 0.15) is 17.6 Å². The Hall–Kier alpha value is -2.94. The first-order chi connectivity index (χ1) is 14.9. The molecule has 3 aromatic rings. The molecule has 160 valence electrons. The van der Waals surface area contributed by atoms with Crippen LogP contribution < -0.4 is 10.5 Å². The van der Waals surface area contributed by atoms with Gasteiger partial charge in [-0.2, -0.15) is 0 Å². The molecule has 2 aromatic carbocycles. The Morgan fingerprint density at radius 1 is 1.19 bits per heavy atom. The first-order valence-electron chi connectivity index (χ1n) is 9.80. The molecule has 0 amide bonds. The maximum absolute atomic E-state index is 13.3. The quantitative estimate of drug-likeness (QED) is 0.520. The number of rotatable bonds is 8. The fraction of sp³-hybridized carbons (Fsp3) is 0.217. The molecular formula is C23H22FN3O3S. The molecule has 1 fully saturated rings. The molecule has 0 aliphatic carbocycles. The van der Waals surface area contributed by atoms with Crippen LogP contribution in [0.2, 0.25) is 0 Å². The fourth-order valence-electron chi connectivity index (χ4n) is 3.45. The molecule has 1 aromatic heterocycles. The highest BCUT2D eigenvalue weighted by atomic mass is 32.2. The summed E-state index contributed by atoms with van der Waals surface area (Å²) in [6.07, 6.45) is 2.01. The minimum Gasteiger partial charge on any atom is -0.480 e. The summed E-state index contributed by atoms with van der Waals surface area (Å²) in [5.74, 6) is -0.743. The van der Waals surface area contributed by atoms with Crippen molar-refractivity contribution in [1.82, 2.24) is 9.29 Å². The summed E-state index contributed by atoms with van der Waals surface area (Å²) in [4.78, 5) is 16.5. The number of hydrogen-bond donors (Lipinski definition) is 2. The molecule has 3 N–H and O–H groups in total. The molecule has 0 spiro atoms. The van der Waals surface area contributed by atoms with Gasteiger partial charge in [-0.25, -0.2) is 8.70 Å². The van der Waals surface area contributed by atoms with Crippen molar-refractivity contribution < 1.29 is 19.0 Å². The van der Waals surface area contributed by atoms with Crippen LogP contribution in [0.3, 0.4) is 0 Å². The molecule has 1 aliphatic rings. The van der Waals surface area contributed by atoms with E-state index in [1.807, 2.05) is 42.5 Å². The molecule has 31 heavy (non-hydrogen) atoms. The summed E-state index contributed by atoms with van der Waals surface area (Å²) in [5.41, 5.74) is 6.72. The van der Waals surface area contributed by atoms with Gasteiger partial charge in [-0.05, 0) is 72.5 Å². The van der Waals surface area contributed by atoms with E-state index in [4.69, 9.17) is 15.6 Å². The van der Waals surface area contributed by atoms with E-state index in [1.165, 1.54) is 12.1 Å². The van der Waals surface area contributed by atoms with Crippen LogP contribution in [0, 0.1) is 5.82 Å². The zero-order valence-electron chi connectivity index (χ0n) is 16.6. The number of nitrogens with zero attached hydrogens (tertiary/aromatic N) is 2. The first-order valence-corrected chi connectivity index (χ1v) is 10.6. The van der Waals surface area contributed by atoms with Crippen LogP contribution in [-0.4, -0.2) is 39.5 Å². The lowest BCUT2D eigenvalue weighted by atomic mass is 9.92. The zero-order valence-corrected chi connectivity index (χ0v) is 17.5. The number of ether oxygens (including phenoxy) is 1. The molecular weight excluding hydrogens is 417 g/mol. The lowest BCUT2D eigenvalue weighted by Gasteiger charge is -2.48. The third kappa shape index (κ3) is 5.04. The van der Waals surface area contributed by atoms with Crippen molar-refractivity contribution >= 4 is 17.9 Å². The summed E-state index contributed by atoms with van der Waals surface area (Å²) in [6, 6.07) is 18.5. The minimum atomic E-state index is -1.01. The van der Waals surface area contributed by atoms with E-state index in [9.17, 15) is 9.18 Å². The number of nitrogens with two attached hydrogens (primary N) is 1. The number of carboxylic acids is 1. The van der Waals surface area contributed by atoms with E-state index in [0.717, 1.165) is 16.2 Å². The average molecular weight is 440 g/mol. The van der Waals surface area contributed by atoms with Gasteiger partial charge in [-0.1, -0.05) is 18.2 Å². The summed E-state index contributed by atoms with van der Waals surface area (Å²) < 4.78 is 21.7. The van der Waals surface area contributed by atoms with Gasteiger partial charge in [0, 0.05) is 11.1 Å². The van der Waals surface area contributed by atoms with Crippen molar-refractivity contribution in [1.29, 1.82) is 0 Å². The van der Waals surface area contributed by atoms with Crippen LogP contribution in [0.1, 0.15) is 11.3 Å². The molecule has 8 heteroatoms.